The monoisotopic (exact) mass is 289 g/mol. The van der Waals surface area contributed by atoms with E-state index in [9.17, 15) is 9.59 Å². The molecule has 5 heteroatoms. The lowest BCUT2D eigenvalue weighted by atomic mass is 10.0. The second-order valence-corrected chi connectivity index (χ2v) is 5.76. The number of benzene rings is 1. The molecule has 114 valence electrons. The molecule has 1 atom stereocenters. The van der Waals surface area contributed by atoms with E-state index in [-0.39, 0.29) is 17.9 Å². The van der Waals surface area contributed by atoms with Crippen LogP contribution in [0, 0.1) is 0 Å². The summed E-state index contributed by atoms with van der Waals surface area (Å²) in [5.74, 6) is -0.382. The fraction of sp³-hybridized carbons (Fsp3) is 0.500. The third-order valence-electron chi connectivity index (χ3n) is 3.48. The molecule has 0 saturated heterocycles. The van der Waals surface area contributed by atoms with E-state index in [1.165, 1.54) is 0 Å². The Balaban J connectivity index is 2.01. The van der Waals surface area contributed by atoms with E-state index in [1.807, 2.05) is 26.0 Å². The van der Waals surface area contributed by atoms with Gasteiger partial charge in [0.2, 0.25) is 5.91 Å². The van der Waals surface area contributed by atoms with Gasteiger partial charge in [-0.25, -0.2) is 0 Å². The van der Waals surface area contributed by atoms with Crippen molar-refractivity contribution in [3.8, 4) is 0 Å². The van der Waals surface area contributed by atoms with E-state index in [1.54, 1.807) is 13.0 Å². The van der Waals surface area contributed by atoms with Gasteiger partial charge in [-0.1, -0.05) is 0 Å². The van der Waals surface area contributed by atoms with E-state index in [0.29, 0.717) is 5.56 Å². The molecule has 1 aliphatic rings. The van der Waals surface area contributed by atoms with Gasteiger partial charge in [0.05, 0.1) is 0 Å². The molecule has 21 heavy (non-hydrogen) atoms. The third-order valence-corrected chi connectivity index (χ3v) is 3.48. The number of anilines is 1. The van der Waals surface area contributed by atoms with Gasteiger partial charge in [-0.3, -0.25) is 9.59 Å². The van der Waals surface area contributed by atoms with Crippen LogP contribution >= 0.6 is 0 Å². The molecule has 0 aliphatic carbocycles. The van der Waals surface area contributed by atoms with Gasteiger partial charge < -0.3 is 16.0 Å². The molecule has 0 aromatic heterocycles. The predicted octanol–water partition coefficient (Wildman–Crippen LogP) is 1.69. The highest BCUT2D eigenvalue weighted by Crippen LogP contribution is 2.22. The number of hydrogen-bond acceptors (Lipinski definition) is 3. The highest BCUT2D eigenvalue weighted by atomic mass is 16.2. The highest BCUT2D eigenvalue weighted by molar-refractivity contribution is 5.98. The Morgan fingerprint density at radius 3 is 2.67 bits per heavy atom. The zero-order chi connectivity index (χ0) is 15.4. The highest BCUT2D eigenvalue weighted by Gasteiger charge is 2.18. The van der Waals surface area contributed by atoms with Crippen molar-refractivity contribution >= 4 is 17.5 Å². The quantitative estimate of drug-likeness (QED) is 0.790. The summed E-state index contributed by atoms with van der Waals surface area (Å²) in [7, 11) is 0. The molecule has 1 aromatic rings. The molecule has 0 spiro atoms. The molecule has 1 aromatic carbocycles. The molecule has 0 saturated carbocycles. The molecule has 2 rings (SSSR count). The maximum atomic E-state index is 12.2. The second kappa shape index (κ2) is 6.61. The zero-order valence-electron chi connectivity index (χ0n) is 12.8. The maximum Gasteiger partial charge on any atom is 0.251 e. The van der Waals surface area contributed by atoms with Crippen molar-refractivity contribution in [1.82, 2.24) is 10.6 Å². The van der Waals surface area contributed by atoms with Gasteiger partial charge in [-0.2, -0.15) is 0 Å². The van der Waals surface area contributed by atoms with Gasteiger partial charge in [0.1, 0.15) is 6.04 Å². The van der Waals surface area contributed by atoms with E-state index < -0.39 is 6.04 Å². The predicted molar refractivity (Wildman–Crippen MR) is 83.5 cm³/mol. The summed E-state index contributed by atoms with van der Waals surface area (Å²) in [6.07, 6.45) is 2.05. The fourth-order valence-corrected chi connectivity index (χ4v) is 2.37. The number of amides is 2. The maximum absolute atomic E-state index is 12.2. The van der Waals surface area contributed by atoms with Crippen LogP contribution in [0.5, 0.6) is 0 Å². The number of carbonyl (C=O) groups excluding carboxylic acids is 2. The van der Waals surface area contributed by atoms with Crippen molar-refractivity contribution in [1.29, 1.82) is 0 Å². The molecule has 0 bridgehead atoms. The lowest BCUT2D eigenvalue weighted by molar-refractivity contribution is -0.123. The van der Waals surface area contributed by atoms with Crippen molar-refractivity contribution in [3.63, 3.8) is 0 Å². The topological polar surface area (TPSA) is 70.2 Å². The van der Waals surface area contributed by atoms with Gasteiger partial charge in [-0.15, -0.1) is 0 Å². The first-order valence-corrected chi connectivity index (χ1v) is 7.45. The minimum absolute atomic E-state index is 0.0617. The Hall–Kier alpha value is -2.04. The SMILES string of the molecule is CC(C)NC(=O)C(C)NC(=O)c1ccc2c(c1)CCCN2. The molecule has 1 unspecified atom stereocenters. The molecule has 0 radical (unpaired) electrons. The van der Waals surface area contributed by atoms with Gasteiger partial charge in [0, 0.05) is 23.8 Å². The van der Waals surface area contributed by atoms with E-state index in [2.05, 4.69) is 16.0 Å². The minimum atomic E-state index is -0.547. The van der Waals surface area contributed by atoms with Gasteiger partial charge in [-0.05, 0) is 57.4 Å². The van der Waals surface area contributed by atoms with E-state index in [4.69, 9.17) is 0 Å². The van der Waals surface area contributed by atoms with Crippen LogP contribution in [0.2, 0.25) is 0 Å². The van der Waals surface area contributed by atoms with Crippen LogP contribution in [0.4, 0.5) is 5.69 Å². The van der Waals surface area contributed by atoms with Gasteiger partial charge in [0.15, 0.2) is 0 Å². The first-order chi connectivity index (χ1) is 9.97. The largest absolute Gasteiger partial charge is 0.385 e. The van der Waals surface area contributed by atoms with Crippen LogP contribution in [0.15, 0.2) is 18.2 Å². The van der Waals surface area contributed by atoms with Crippen LogP contribution < -0.4 is 16.0 Å². The van der Waals surface area contributed by atoms with Gasteiger partial charge >= 0.3 is 0 Å². The summed E-state index contributed by atoms with van der Waals surface area (Å²) >= 11 is 0. The Kier molecular flexibility index (Phi) is 4.83. The molecule has 1 aliphatic heterocycles. The normalized spacial score (nSPS) is 14.9. The van der Waals surface area contributed by atoms with Crippen LogP contribution in [0.3, 0.4) is 0 Å². The molecular formula is C16H23N3O2. The van der Waals surface area contributed by atoms with Crippen molar-refractivity contribution in [2.45, 2.75) is 45.7 Å². The van der Waals surface area contributed by atoms with Crippen molar-refractivity contribution in [2.75, 3.05) is 11.9 Å². The average molecular weight is 289 g/mol. The number of carbonyl (C=O) groups is 2. The molecule has 0 fully saturated rings. The Morgan fingerprint density at radius 1 is 1.19 bits per heavy atom. The lowest BCUT2D eigenvalue weighted by Gasteiger charge is -2.19. The fourth-order valence-electron chi connectivity index (χ4n) is 2.37. The summed E-state index contributed by atoms with van der Waals surface area (Å²) in [6, 6.07) is 5.15. The third kappa shape index (κ3) is 3.97. The zero-order valence-corrected chi connectivity index (χ0v) is 12.8. The molecule has 5 nitrogen and oxygen atoms in total. The molecule has 2 amide bonds. The van der Waals surface area contributed by atoms with Crippen molar-refractivity contribution in [2.24, 2.45) is 0 Å². The van der Waals surface area contributed by atoms with Crippen molar-refractivity contribution < 1.29 is 9.59 Å². The van der Waals surface area contributed by atoms with Crippen LogP contribution in [0.1, 0.15) is 43.1 Å². The average Bonchev–Trinajstić information content (AvgIpc) is 2.45. The first-order valence-electron chi connectivity index (χ1n) is 7.45. The van der Waals surface area contributed by atoms with Crippen LogP contribution in [0.25, 0.3) is 0 Å². The van der Waals surface area contributed by atoms with E-state index >= 15 is 0 Å². The van der Waals surface area contributed by atoms with Gasteiger partial charge in [0.25, 0.3) is 5.91 Å². The van der Waals surface area contributed by atoms with E-state index in [0.717, 1.165) is 30.6 Å². The Bertz CT molecular complexity index is 540. The number of fused-ring (bicyclic) bond motifs is 1. The summed E-state index contributed by atoms with van der Waals surface area (Å²) in [6.45, 7) is 6.45. The Morgan fingerprint density at radius 2 is 1.95 bits per heavy atom. The summed E-state index contributed by atoms with van der Waals surface area (Å²) < 4.78 is 0. The first kappa shape index (κ1) is 15.4. The Labute approximate surface area is 125 Å². The number of aryl methyl sites for hydroxylation is 1. The standard InChI is InChI=1S/C16H23N3O2/c1-10(2)18-15(20)11(3)19-16(21)13-6-7-14-12(9-13)5-4-8-17-14/h6-7,9-11,17H,4-5,8H2,1-3H3,(H,18,20)(H,19,21). The van der Waals surface area contributed by atoms with Crippen LogP contribution in [-0.2, 0) is 11.2 Å². The smallest absolute Gasteiger partial charge is 0.251 e. The molecule has 1 heterocycles. The summed E-state index contributed by atoms with van der Waals surface area (Å²) in [5.41, 5.74) is 2.86. The van der Waals surface area contributed by atoms with Crippen LogP contribution in [-0.4, -0.2) is 30.4 Å². The van der Waals surface area contributed by atoms with Crippen molar-refractivity contribution in [3.05, 3.63) is 29.3 Å². The minimum Gasteiger partial charge on any atom is -0.385 e. The number of hydrogen-bond donors (Lipinski definition) is 3. The molecule has 3 N–H and O–H groups in total. The number of nitrogens with one attached hydrogen (secondary N) is 3. The second-order valence-electron chi connectivity index (χ2n) is 5.76. The summed E-state index contributed by atoms with van der Waals surface area (Å²) in [4.78, 5) is 24.0. The summed E-state index contributed by atoms with van der Waals surface area (Å²) in [5, 5.41) is 8.84. The lowest BCUT2D eigenvalue weighted by Crippen LogP contribution is -2.46. The molecular weight excluding hydrogens is 266 g/mol. The number of rotatable bonds is 4.